The number of phenolic OH excluding ortho intramolecular Hbond substituents is 1. The molecule has 0 amide bonds. The predicted molar refractivity (Wildman–Crippen MR) is 62.5 cm³/mol. The van der Waals surface area contributed by atoms with Crippen molar-refractivity contribution in [1.82, 2.24) is 10.2 Å². The first-order valence-electron chi connectivity index (χ1n) is 4.49. The van der Waals surface area contributed by atoms with Crippen LogP contribution in [0.1, 0.15) is 0 Å². The molecule has 0 bridgehead atoms. The zero-order valence-corrected chi connectivity index (χ0v) is 9.96. The Morgan fingerprint density at radius 1 is 1.41 bits per heavy atom. The number of aromatic nitrogens is 2. The van der Waals surface area contributed by atoms with Crippen molar-refractivity contribution < 1.29 is 13.5 Å². The molecule has 0 unspecified atom stereocenters. The zero-order chi connectivity index (χ0) is 12.5. The van der Waals surface area contributed by atoms with Crippen molar-refractivity contribution in [3.63, 3.8) is 0 Å². The first kappa shape index (κ1) is 11.7. The fourth-order valence-electron chi connectivity index (χ4n) is 1.18. The minimum Gasteiger partial charge on any atom is -0.506 e. The summed E-state index contributed by atoms with van der Waals surface area (Å²) in [7, 11) is -3.70. The number of aromatic hydroxyl groups is 1. The maximum absolute atomic E-state index is 11.8. The smallest absolute Gasteiger partial charge is 0.265 e. The third kappa shape index (κ3) is 2.51. The highest BCUT2D eigenvalue weighted by Crippen LogP contribution is 2.27. The van der Waals surface area contributed by atoms with Gasteiger partial charge in [0.1, 0.15) is 10.6 Å². The van der Waals surface area contributed by atoms with Crippen LogP contribution >= 0.6 is 11.6 Å². The van der Waals surface area contributed by atoms with Crippen LogP contribution < -0.4 is 4.72 Å². The van der Waals surface area contributed by atoms with E-state index < -0.39 is 10.0 Å². The Balaban J connectivity index is 2.30. The van der Waals surface area contributed by atoms with Crippen LogP contribution in [0.4, 0.5) is 5.69 Å². The van der Waals surface area contributed by atoms with Gasteiger partial charge in [-0.15, -0.1) is 0 Å². The summed E-state index contributed by atoms with van der Waals surface area (Å²) in [5, 5.41) is 15.4. The van der Waals surface area contributed by atoms with Gasteiger partial charge in [0.15, 0.2) is 0 Å². The maximum atomic E-state index is 11.8. The van der Waals surface area contributed by atoms with Crippen molar-refractivity contribution in [2.75, 3.05) is 4.72 Å². The minimum atomic E-state index is -3.70. The fourth-order valence-corrected chi connectivity index (χ4v) is 2.25. The number of phenols is 1. The van der Waals surface area contributed by atoms with Crippen LogP contribution in [0.5, 0.6) is 5.75 Å². The summed E-state index contributed by atoms with van der Waals surface area (Å²) in [5.41, 5.74) is 0.216. The summed E-state index contributed by atoms with van der Waals surface area (Å²) < 4.78 is 25.8. The number of halogens is 1. The molecule has 8 heteroatoms. The molecule has 0 atom stereocenters. The zero-order valence-electron chi connectivity index (χ0n) is 8.38. The molecule has 2 rings (SSSR count). The molecule has 0 spiro atoms. The van der Waals surface area contributed by atoms with E-state index in [1.807, 2.05) is 0 Å². The molecule has 90 valence electrons. The largest absolute Gasteiger partial charge is 0.506 e. The molecule has 2 aromatic rings. The van der Waals surface area contributed by atoms with Gasteiger partial charge in [0, 0.05) is 12.3 Å². The molecule has 3 N–H and O–H groups in total. The second-order valence-corrected chi connectivity index (χ2v) is 5.30. The number of rotatable bonds is 3. The Hall–Kier alpha value is -1.73. The van der Waals surface area contributed by atoms with Gasteiger partial charge in [0.25, 0.3) is 10.0 Å². The molecule has 0 aliphatic carbocycles. The SMILES string of the molecule is O=S(=O)(Nc1ccc(Cl)c(O)c1)c1cn[nH]c1. The van der Waals surface area contributed by atoms with Crippen LogP contribution in [0.2, 0.25) is 5.02 Å². The van der Waals surface area contributed by atoms with Crippen LogP contribution in [0.15, 0.2) is 35.5 Å². The van der Waals surface area contributed by atoms with Crippen LogP contribution in [0.3, 0.4) is 0 Å². The van der Waals surface area contributed by atoms with E-state index in [0.29, 0.717) is 0 Å². The van der Waals surface area contributed by atoms with Crippen LogP contribution in [0, 0.1) is 0 Å². The topological polar surface area (TPSA) is 95.1 Å². The third-order valence-corrected chi connectivity index (χ3v) is 3.65. The number of hydrogen-bond donors (Lipinski definition) is 3. The fraction of sp³-hybridized carbons (Fsp3) is 0. The van der Waals surface area contributed by atoms with E-state index in [-0.39, 0.29) is 21.4 Å². The van der Waals surface area contributed by atoms with Gasteiger partial charge in [-0.3, -0.25) is 9.82 Å². The lowest BCUT2D eigenvalue weighted by Gasteiger charge is -2.06. The number of benzene rings is 1. The summed E-state index contributed by atoms with van der Waals surface area (Å²) in [6.07, 6.45) is 2.43. The monoisotopic (exact) mass is 273 g/mol. The van der Waals surface area contributed by atoms with Gasteiger partial charge in [-0.05, 0) is 12.1 Å². The Bertz CT molecular complexity index is 625. The Morgan fingerprint density at radius 2 is 2.18 bits per heavy atom. The Labute approximate surface area is 102 Å². The minimum absolute atomic E-state index is 0.00643. The van der Waals surface area contributed by atoms with Crippen molar-refractivity contribution in [2.45, 2.75) is 4.90 Å². The highest BCUT2D eigenvalue weighted by atomic mass is 35.5. The summed E-state index contributed by atoms with van der Waals surface area (Å²) in [5.74, 6) is -0.195. The first-order chi connectivity index (χ1) is 7.99. The van der Waals surface area contributed by atoms with Crippen molar-refractivity contribution in [3.05, 3.63) is 35.6 Å². The van der Waals surface area contributed by atoms with E-state index in [1.54, 1.807) is 0 Å². The Kier molecular flexibility index (Phi) is 2.95. The van der Waals surface area contributed by atoms with Crippen LogP contribution in [-0.4, -0.2) is 23.7 Å². The number of hydrogen-bond acceptors (Lipinski definition) is 4. The lowest BCUT2D eigenvalue weighted by atomic mass is 10.3. The summed E-state index contributed by atoms with van der Waals surface area (Å²) >= 11 is 5.61. The predicted octanol–water partition coefficient (Wildman–Crippen LogP) is 1.57. The summed E-state index contributed by atoms with van der Waals surface area (Å²) in [4.78, 5) is 0.00643. The lowest BCUT2D eigenvalue weighted by Crippen LogP contribution is -2.11. The number of nitrogens with zero attached hydrogens (tertiary/aromatic N) is 1. The quantitative estimate of drug-likeness (QED) is 0.791. The van der Waals surface area contributed by atoms with Gasteiger partial charge in [0.05, 0.1) is 16.9 Å². The normalized spacial score (nSPS) is 11.4. The van der Waals surface area contributed by atoms with Gasteiger partial charge >= 0.3 is 0 Å². The summed E-state index contributed by atoms with van der Waals surface area (Å²) in [6, 6.07) is 4.06. The van der Waals surface area contributed by atoms with Crippen molar-refractivity contribution >= 4 is 27.3 Å². The van der Waals surface area contributed by atoms with E-state index in [4.69, 9.17) is 11.6 Å². The lowest BCUT2D eigenvalue weighted by molar-refractivity contribution is 0.476. The van der Waals surface area contributed by atoms with E-state index in [1.165, 1.54) is 30.6 Å². The second kappa shape index (κ2) is 4.27. The van der Waals surface area contributed by atoms with Gasteiger partial charge < -0.3 is 5.11 Å². The molecule has 0 radical (unpaired) electrons. The van der Waals surface area contributed by atoms with E-state index in [9.17, 15) is 13.5 Å². The first-order valence-corrected chi connectivity index (χ1v) is 6.35. The molecule has 0 fully saturated rings. The molecule has 0 aliphatic heterocycles. The molecule has 1 heterocycles. The summed E-state index contributed by atoms with van der Waals surface area (Å²) in [6.45, 7) is 0. The highest BCUT2D eigenvalue weighted by molar-refractivity contribution is 7.92. The van der Waals surface area contributed by atoms with E-state index in [0.717, 1.165) is 0 Å². The van der Waals surface area contributed by atoms with Gasteiger partial charge in [-0.1, -0.05) is 11.6 Å². The second-order valence-electron chi connectivity index (χ2n) is 3.21. The average Bonchev–Trinajstić information content (AvgIpc) is 2.77. The van der Waals surface area contributed by atoms with Gasteiger partial charge in [0.2, 0.25) is 0 Å². The van der Waals surface area contributed by atoms with Crippen LogP contribution in [-0.2, 0) is 10.0 Å². The standard InChI is InChI=1S/C9H8ClN3O3S/c10-8-2-1-6(3-9(8)14)13-17(15,16)7-4-11-12-5-7/h1-5,13-14H,(H,11,12). The molecule has 1 aromatic carbocycles. The number of sulfonamides is 1. The molecule has 0 saturated heterocycles. The van der Waals surface area contributed by atoms with Gasteiger partial charge in [-0.25, -0.2) is 8.42 Å². The Morgan fingerprint density at radius 3 is 2.76 bits per heavy atom. The molecular weight excluding hydrogens is 266 g/mol. The molecule has 0 aliphatic rings. The number of aromatic amines is 1. The van der Waals surface area contributed by atoms with Crippen molar-refractivity contribution in [1.29, 1.82) is 0 Å². The third-order valence-electron chi connectivity index (χ3n) is 1.98. The van der Waals surface area contributed by atoms with E-state index in [2.05, 4.69) is 14.9 Å². The number of anilines is 1. The van der Waals surface area contributed by atoms with E-state index >= 15 is 0 Å². The molecule has 0 saturated carbocycles. The molecule has 1 aromatic heterocycles. The molecule has 6 nitrogen and oxygen atoms in total. The molecular formula is C9H8ClN3O3S. The molecule has 17 heavy (non-hydrogen) atoms. The van der Waals surface area contributed by atoms with Gasteiger partial charge in [-0.2, -0.15) is 5.10 Å². The highest BCUT2D eigenvalue weighted by Gasteiger charge is 2.15. The number of nitrogens with one attached hydrogen (secondary N) is 2. The maximum Gasteiger partial charge on any atom is 0.265 e. The van der Waals surface area contributed by atoms with Crippen molar-refractivity contribution in [3.8, 4) is 5.75 Å². The number of H-pyrrole nitrogens is 1. The van der Waals surface area contributed by atoms with Crippen LogP contribution in [0.25, 0.3) is 0 Å². The van der Waals surface area contributed by atoms with Crippen molar-refractivity contribution in [2.24, 2.45) is 0 Å². The average molecular weight is 274 g/mol.